The molecule has 1 saturated carbocycles. The summed E-state index contributed by atoms with van der Waals surface area (Å²) in [4.78, 5) is 34.0. The number of oxime groups is 1. The number of amides is 1. The lowest BCUT2D eigenvalue weighted by molar-refractivity contribution is -0.256. The van der Waals surface area contributed by atoms with E-state index in [4.69, 9.17) is 43.2 Å². The van der Waals surface area contributed by atoms with Crippen molar-refractivity contribution in [3.8, 4) is 28.7 Å². The van der Waals surface area contributed by atoms with Gasteiger partial charge in [0.1, 0.15) is 29.6 Å². The van der Waals surface area contributed by atoms with Crippen molar-refractivity contribution < 1.29 is 57.8 Å². The molecule has 3 heterocycles. The van der Waals surface area contributed by atoms with E-state index in [1.807, 2.05) is 36.4 Å². The van der Waals surface area contributed by atoms with Crippen LogP contribution in [0.4, 0.5) is 4.79 Å². The van der Waals surface area contributed by atoms with E-state index < -0.39 is 30.1 Å². The van der Waals surface area contributed by atoms with Crippen LogP contribution in [0.25, 0.3) is 0 Å². The molecule has 1 saturated heterocycles. The van der Waals surface area contributed by atoms with E-state index in [1.54, 1.807) is 35.2 Å². The normalized spacial score (nSPS) is 26.1. The highest BCUT2D eigenvalue weighted by molar-refractivity contribution is 6.03. The number of nitrogens with zero attached hydrogens (tertiary/aromatic N) is 2. The number of rotatable bonds is 19. The molecule has 2 fully saturated rings. The molecule has 63 heavy (non-hydrogen) atoms. The molecule has 3 aromatic carbocycles. The number of unbranched alkanes of at least 4 members (excludes halogenated alkanes) is 2. The standard InChI is InChI=1S/C49H58N2O12/c1-3-22-60-49-44(51(48(55)56-2)29-32-16-18-42-43(25-32)59-31-58-42)28-40(50-63-45-15-6-9-23-57-45)38-26-34(12-4-7-20-52)37(14-5-8-21-53)46(47(38)49)39-27-36(17-19-41(39)62-49)61-35-13-10-11-33(24-35)30-54/h3,10-11,13,16-19,24-27,30,34,37,44-47,52-53H,1,4-9,12,14-15,20-23,28-29,31H2,2H3/t34-,37+,44-,45?,46+,47+,49+/m0/s1. The number of hydrogen-bond acceptors (Lipinski definition) is 13. The number of ether oxygens (including phenoxy) is 7. The molecule has 3 aromatic rings. The van der Waals surface area contributed by atoms with Crippen LogP contribution in [0.5, 0.6) is 28.7 Å². The number of aldehydes is 1. The molecular formula is C49H58N2O12. The van der Waals surface area contributed by atoms with Gasteiger partial charge in [0.05, 0.1) is 32.0 Å². The van der Waals surface area contributed by atoms with Crippen molar-refractivity contribution >= 4 is 18.1 Å². The molecule has 3 aliphatic heterocycles. The number of carbonyl (C=O) groups excluding carboxylic acids is 2. The molecule has 1 unspecified atom stereocenters. The summed E-state index contributed by atoms with van der Waals surface area (Å²) < 4.78 is 43.8. The molecule has 2 N–H and O–H groups in total. The van der Waals surface area contributed by atoms with Crippen LogP contribution in [-0.2, 0) is 25.6 Å². The fraction of sp³-hybridized carbons (Fsp3) is 0.490. The maximum atomic E-state index is 14.4. The van der Waals surface area contributed by atoms with Gasteiger partial charge in [-0.2, -0.15) is 0 Å². The highest BCUT2D eigenvalue weighted by atomic mass is 16.8. The zero-order valence-corrected chi connectivity index (χ0v) is 35.9. The summed E-state index contributed by atoms with van der Waals surface area (Å²) in [6, 6.07) is 17.5. The van der Waals surface area contributed by atoms with Crippen molar-refractivity contribution in [2.45, 2.75) is 94.8 Å². The molecule has 1 amide bonds. The van der Waals surface area contributed by atoms with Crippen LogP contribution < -0.4 is 18.9 Å². The Labute approximate surface area is 368 Å². The van der Waals surface area contributed by atoms with Gasteiger partial charge in [-0.15, -0.1) is 6.58 Å². The Morgan fingerprint density at radius 2 is 1.78 bits per heavy atom. The fourth-order valence-electron chi connectivity index (χ4n) is 10.1. The van der Waals surface area contributed by atoms with Crippen molar-refractivity contribution in [3.63, 3.8) is 0 Å². The van der Waals surface area contributed by atoms with Crippen molar-refractivity contribution in [2.75, 3.05) is 40.3 Å². The van der Waals surface area contributed by atoms with Crippen molar-refractivity contribution in [2.24, 2.45) is 22.9 Å². The summed E-state index contributed by atoms with van der Waals surface area (Å²) >= 11 is 0. The predicted octanol–water partition coefficient (Wildman–Crippen LogP) is 8.45. The monoisotopic (exact) mass is 866 g/mol. The second kappa shape index (κ2) is 20.4. The summed E-state index contributed by atoms with van der Waals surface area (Å²) in [6.45, 7) is 5.07. The van der Waals surface area contributed by atoms with E-state index in [0.29, 0.717) is 65.9 Å². The van der Waals surface area contributed by atoms with E-state index >= 15 is 0 Å². The van der Waals surface area contributed by atoms with E-state index in [0.717, 1.165) is 61.5 Å². The molecule has 336 valence electrons. The molecule has 0 bridgehead atoms. The van der Waals surface area contributed by atoms with Crippen molar-refractivity contribution in [1.82, 2.24) is 4.90 Å². The van der Waals surface area contributed by atoms with Crippen LogP contribution in [0.15, 0.2) is 90.1 Å². The number of fused-ring (bicyclic) bond motifs is 3. The predicted molar refractivity (Wildman–Crippen MR) is 232 cm³/mol. The smallest absolute Gasteiger partial charge is 0.410 e. The molecule has 0 spiro atoms. The lowest BCUT2D eigenvalue weighted by Gasteiger charge is -2.59. The van der Waals surface area contributed by atoms with Gasteiger partial charge in [0.15, 0.2) is 11.5 Å². The topological polar surface area (TPSA) is 164 Å². The fourth-order valence-corrected chi connectivity index (χ4v) is 10.1. The minimum Gasteiger partial charge on any atom is -0.459 e. The zero-order valence-electron chi connectivity index (χ0n) is 35.9. The number of allylic oxidation sites excluding steroid dienone is 1. The first kappa shape index (κ1) is 44.2. The van der Waals surface area contributed by atoms with Crippen LogP contribution >= 0.6 is 0 Å². The highest BCUT2D eigenvalue weighted by Gasteiger charge is 2.65. The van der Waals surface area contributed by atoms with Gasteiger partial charge in [-0.3, -0.25) is 9.69 Å². The largest absolute Gasteiger partial charge is 0.459 e. The van der Waals surface area contributed by atoms with Crippen LogP contribution in [-0.4, -0.2) is 91.7 Å². The molecule has 0 radical (unpaired) electrons. The molecule has 8 rings (SSSR count). The Bertz CT molecular complexity index is 2150. The number of carbonyl (C=O) groups is 2. The van der Waals surface area contributed by atoms with Crippen molar-refractivity contribution in [1.29, 1.82) is 0 Å². The number of methoxy groups -OCH3 is 1. The Kier molecular flexibility index (Phi) is 14.3. The van der Waals surface area contributed by atoms with Crippen LogP contribution in [0.1, 0.15) is 91.6 Å². The van der Waals surface area contributed by atoms with Gasteiger partial charge in [0.25, 0.3) is 0 Å². The van der Waals surface area contributed by atoms with Gasteiger partial charge in [0.2, 0.25) is 18.9 Å². The average molecular weight is 867 g/mol. The summed E-state index contributed by atoms with van der Waals surface area (Å²) in [6.07, 6.45) is 10.8. The van der Waals surface area contributed by atoms with Gasteiger partial charge in [-0.1, -0.05) is 48.3 Å². The molecule has 14 nitrogen and oxygen atoms in total. The maximum absolute atomic E-state index is 14.4. The second-order valence-corrected chi connectivity index (χ2v) is 16.8. The molecule has 2 aliphatic carbocycles. The van der Waals surface area contributed by atoms with Crippen LogP contribution in [0.2, 0.25) is 0 Å². The SMILES string of the molecule is C=CCO[C@@]12Oc3ccc(Oc4cccc(C=O)c4)cc3[C@H]3[C@H](CCCCO)[C@@H](CCCCO)C=C(C(=NOC4CCCCO4)C[C@@H]1N(Cc1ccc4c(c1)OCO4)C(=O)OC)[C@H]32. The van der Waals surface area contributed by atoms with Gasteiger partial charge >= 0.3 is 6.09 Å². The van der Waals surface area contributed by atoms with Crippen molar-refractivity contribution in [3.05, 3.63) is 102 Å². The third-order valence-corrected chi connectivity index (χ3v) is 12.9. The van der Waals surface area contributed by atoms with Gasteiger partial charge in [-0.05, 0) is 104 Å². The quantitative estimate of drug-likeness (QED) is 0.0512. The summed E-state index contributed by atoms with van der Waals surface area (Å²) in [5, 5.41) is 24.9. The second-order valence-electron chi connectivity index (χ2n) is 16.8. The zero-order chi connectivity index (χ0) is 43.8. The lowest BCUT2D eigenvalue weighted by atomic mass is 9.55. The number of aliphatic hydroxyl groups excluding tert-OH is 2. The first-order valence-electron chi connectivity index (χ1n) is 22.2. The minimum absolute atomic E-state index is 0.00461. The van der Waals surface area contributed by atoms with E-state index in [1.165, 1.54) is 7.11 Å². The van der Waals surface area contributed by atoms with E-state index in [-0.39, 0.29) is 57.3 Å². The van der Waals surface area contributed by atoms with Gasteiger partial charge < -0.3 is 48.2 Å². The Morgan fingerprint density at radius 1 is 0.968 bits per heavy atom. The molecule has 5 aliphatic rings. The van der Waals surface area contributed by atoms with E-state index in [2.05, 4.69) is 12.7 Å². The average Bonchev–Trinajstić information content (AvgIpc) is 3.79. The van der Waals surface area contributed by atoms with Gasteiger partial charge in [0, 0.05) is 49.6 Å². The first-order valence-corrected chi connectivity index (χ1v) is 22.2. The Hall–Kier alpha value is -5.41. The Morgan fingerprint density at radius 3 is 2.56 bits per heavy atom. The summed E-state index contributed by atoms with van der Waals surface area (Å²) in [5.41, 5.74) is 3.70. The number of benzene rings is 3. The lowest BCUT2D eigenvalue weighted by Crippen LogP contribution is -2.70. The number of aliphatic hydroxyl groups is 2. The maximum Gasteiger partial charge on any atom is 0.410 e. The molecule has 0 aromatic heterocycles. The molecular weight excluding hydrogens is 809 g/mol. The van der Waals surface area contributed by atoms with Crippen LogP contribution in [0, 0.1) is 17.8 Å². The minimum atomic E-state index is -1.51. The third kappa shape index (κ3) is 9.45. The summed E-state index contributed by atoms with van der Waals surface area (Å²) in [7, 11) is 1.36. The van der Waals surface area contributed by atoms with Gasteiger partial charge in [-0.25, -0.2) is 4.79 Å². The highest BCUT2D eigenvalue weighted by Crippen LogP contribution is 2.62. The number of hydrogen-bond donors (Lipinski definition) is 2. The molecule has 14 heteroatoms. The molecule has 7 atom stereocenters. The first-order chi connectivity index (χ1) is 30.9. The van der Waals surface area contributed by atoms with E-state index in [9.17, 15) is 19.8 Å². The van der Waals surface area contributed by atoms with Crippen LogP contribution in [0.3, 0.4) is 0 Å². The third-order valence-electron chi connectivity index (χ3n) is 12.9. The summed E-state index contributed by atoms with van der Waals surface area (Å²) in [5.74, 6) is 0.519. The Balaban J connectivity index is 1.32.